The summed E-state index contributed by atoms with van der Waals surface area (Å²) in [5, 5.41) is 11.6. The maximum Gasteiger partial charge on any atom is 0.509 e. The van der Waals surface area contributed by atoms with E-state index in [9.17, 15) is 24.3 Å². The van der Waals surface area contributed by atoms with Crippen LogP contribution in [0.1, 0.15) is 66.2 Å². The number of esters is 1. The van der Waals surface area contributed by atoms with Crippen molar-refractivity contribution in [2.45, 2.75) is 84.1 Å². The summed E-state index contributed by atoms with van der Waals surface area (Å²) < 4.78 is 31.7. The monoisotopic (exact) mass is 520 g/mol. The number of alkyl halides is 1. The van der Waals surface area contributed by atoms with Crippen LogP contribution in [0, 0.1) is 28.6 Å². The zero-order chi connectivity index (χ0) is 27.2. The van der Waals surface area contributed by atoms with E-state index in [-0.39, 0.29) is 55.8 Å². The van der Waals surface area contributed by atoms with Gasteiger partial charge in [-0.15, -0.1) is 0 Å². The number of hydrogen-bond acceptors (Lipinski definition) is 8. The Morgan fingerprint density at radius 1 is 1.19 bits per heavy atom. The number of aliphatic hydroxyl groups excluding tert-OH is 1. The molecular weight excluding hydrogens is 483 g/mol. The third kappa shape index (κ3) is 4.33. The van der Waals surface area contributed by atoms with Crippen LogP contribution in [0.2, 0.25) is 0 Å². The summed E-state index contributed by atoms with van der Waals surface area (Å²) in [6, 6.07) is 0. The number of rotatable bonds is 7. The molecule has 0 heterocycles. The van der Waals surface area contributed by atoms with Crippen molar-refractivity contribution in [2.24, 2.45) is 28.6 Å². The molecule has 0 spiro atoms. The summed E-state index contributed by atoms with van der Waals surface area (Å²) in [7, 11) is 0. The minimum absolute atomic E-state index is 0.0877. The van der Waals surface area contributed by atoms with E-state index in [0.717, 1.165) is 0 Å². The first-order valence-electron chi connectivity index (χ1n) is 13.3. The molecule has 3 saturated carbocycles. The molecule has 0 aromatic carbocycles. The number of ether oxygens (including phenoxy) is 3. The second kappa shape index (κ2) is 9.97. The largest absolute Gasteiger partial charge is 0.509 e. The van der Waals surface area contributed by atoms with Crippen LogP contribution in [-0.4, -0.2) is 59.9 Å². The zero-order valence-corrected chi connectivity index (χ0v) is 22.0. The highest BCUT2D eigenvalue weighted by Crippen LogP contribution is 2.68. The van der Waals surface area contributed by atoms with Crippen molar-refractivity contribution in [3.05, 3.63) is 23.8 Å². The Hall–Kier alpha value is -2.55. The number of halogens is 1. The summed E-state index contributed by atoms with van der Waals surface area (Å²) in [6.07, 6.45) is 2.64. The van der Waals surface area contributed by atoms with Gasteiger partial charge in [-0.3, -0.25) is 14.4 Å². The summed E-state index contributed by atoms with van der Waals surface area (Å²) in [5.41, 5.74) is -3.19. The Balaban J connectivity index is 1.72. The molecule has 0 aromatic rings. The summed E-state index contributed by atoms with van der Waals surface area (Å²) in [4.78, 5) is 50.2. The van der Waals surface area contributed by atoms with E-state index in [2.05, 4.69) is 0 Å². The van der Waals surface area contributed by atoms with Crippen LogP contribution in [0.5, 0.6) is 0 Å². The molecule has 9 heteroatoms. The number of Topliss-reactive ketones (excluding diaryl/α,β-unsaturated/α-hetero) is 1. The molecule has 0 radical (unpaired) electrons. The lowest BCUT2D eigenvalue weighted by Crippen LogP contribution is -2.64. The summed E-state index contributed by atoms with van der Waals surface area (Å²) in [6.45, 7) is 6.64. The van der Waals surface area contributed by atoms with Gasteiger partial charge in [-0.1, -0.05) is 33.8 Å². The number of ketones is 2. The highest BCUT2D eigenvalue weighted by Gasteiger charge is 2.71. The molecule has 4 aliphatic rings. The van der Waals surface area contributed by atoms with E-state index in [1.165, 1.54) is 12.2 Å². The molecule has 204 valence electrons. The van der Waals surface area contributed by atoms with E-state index in [4.69, 9.17) is 14.2 Å². The van der Waals surface area contributed by atoms with Crippen molar-refractivity contribution in [3.63, 3.8) is 0 Å². The fraction of sp³-hybridized carbons (Fsp3) is 0.714. The first-order chi connectivity index (χ1) is 17.4. The normalized spacial score (nSPS) is 40.1. The van der Waals surface area contributed by atoms with E-state index < -0.39 is 53.2 Å². The highest BCUT2D eigenvalue weighted by atomic mass is 19.1. The molecule has 3 fully saturated rings. The SMILES string of the molecule is CCCOC(=O)O[C@]1(C(=O)COC(=O)CC)CC[C@H]2[C@@H]3C[C@H](F)C4=CC(=O)C=C[C@]4(C)[C@H]3C(O)C[C@@]21C. The van der Waals surface area contributed by atoms with E-state index >= 15 is 4.39 Å². The van der Waals surface area contributed by atoms with Crippen molar-refractivity contribution in [2.75, 3.05) is 13.2 Å². The molecule has 0 bridgehead atoms. The number of fused-ring (bicyclic) bond motifs is 5. The lowest BCUT2D eigenvalue weighted by atomic mass is 9.46. The molecule has 8 atom stereocenters. The Morgan fingerprint density at radius 2 is 1.92 bits per heavy atom. The standard InChI is InChI=1S/C28H37FO8/c1-5-11-35-25(34)37-28(22(32)15-36-23(33)6-2)10-8-18-17-13-20(29)19-12-16(30)7-9-26(19,3)24(17)21(31)14-27(18,28)4/h7,9,12,17-18,20-21,24,31H,5-6,8,10-11,13-15H2,1-4H3/t17-,18-,20-,21?,24+,26-,27-,28-/m0/s1. The van der Waals surface area contributed by atoms with Gasteiger partial charge in [0.1, 0.15) is 6.17 Å². The maximum atomic E-state index is 15.6. The average molecular weight is 521 g/mol. The number of allylic oxidation sites excluding steroid dienone is 4. The molecule has 8 nitrogen and oxygen atoms in total. The van der Waals surface area contributed by atoms with Crippen LogP contribution in [-0.2, 0) is 28.6 Å². The number of carbonyl (C=O) groups is 4. The molecule has 37 heavy (non-hydrogen) atoms. The first kappa shape index (κ1) is 27.5. The molecule has 1 N–H and O–H groups in total. The van der Waals surface area contributed by atoms with Gasteiger partial charge in [0, 0.05) is 23.2 Å². The van der Waals surface area contributed by atoms with Gasteiger partial charge in [-0.2, -0.15) is 0 Å². The smallest absolute Gasteiger partial charge is 0.457 e. The molecule has 0 saturated heterocycles. The summed E-state index contributed by atoms with van der Waals surface area (Å²) >= 11 is 0. The molecule has 4 aliphatic carbocycles. The Kier molecular flexibility index (Phi) is 7.40. The van der Waals surface area contributed by atoms with Crippen molar-refractivity contribution >= 4 is 23.7 Å². The van der Waals surface area contributed by atoms with Gasteiger partial charge in [-0.05, 0) is 61.7 Å². The van der Waals surface area contributed by atoms with Crippen LogP contribution in [0.4, 0.5) is 9.18 Å². The molecular formula is C28H37FO8. The van der Waals surface area contributed by atoms with E-state index in [0.29, 0.717) is 18.4 Å². The predicted molar refractivity (Wildman–Crippen MR) is 130 cm³/mol. The van der Waals surface area contributed by atoms with Gasteiger partial charge >= 0.3 is 12.1 Å². The van der Waals surface area contributed by atoms with Crippen molar-refractivity contribution in [1.82, 2.24) is 0 Å². The van der Waals surface area contributed by atoms with Gasteiger partial charge in [-0.25, -0.2) is 9.18 Å². The minimum atomic E-state index is -1.69. The third-order valence-corrected chi connectivity index (χ3v) is 9.38. The fourth-order valence-electron chi connectivity index (χ4n) is 7.73. The van der Waals surface area contributed by atoms with Gasteiger partial charge < -0.3 is 19.3 Å². The van der Waals surface area contributed by atoms with Crippen LogP contribution in [0.3, 0.4) is 0 Å². The van der Waals surface area contributed by atoms with Crippen LogP contribution >= 0.6 is 0 Å². The third-order valence-electron chi connectivity index (χ3n) is 9.38. The number of aliphatic hydroxyl groups is 1. The van der Waals surface area contributed by atoms with Crippen LogP contribution < -0.4 is 0 Å². The van der Waals surface area contributed by atoms with Gasteiger partial charge in [0.25, 0.3) is 0 Å². The molecule has 0 amide bonds. The lowest BCUT2D eigenvalue weighted by Gasteiger charge is -2.60. The lowest BCUT2D eigenvalue weighted by molar-refractivity contribution is -0.187. The summed E-state index contributed by atoms with van der Waals surface area (Å²) in [5.74, 6) is -2.35. The molecule has 4 rings (SSSR count). The Morgan fingerprint density at radius 3 is 2.59 bits per heavy atom. The minimum Gasteiger partial charge on any atom is -0.457 e. The van der Waals surface area contributed by atoms with Crippen LogP contribution in [0.15, 0.2) is 23.8 Å². The predicted octanol–water partition coefficient (Wildman–Crippen LogP) is 4.04. The molecule has 1 unspecified atom stereocenters. The molecule has 0 aromatic heterocycles. The van der Waals surface area contributed by atoms with Gasteiger partial charge in [0.2, 0.25) is 5.78 Å². The quantitative estimate of drug-likeness (QED) is 0.500. The van der Waals surface area contributed by atoms with Crippen molar-refractivity contribution in [3.8, 4) is 0 Å². The van der Waals surface area contributed by atoms with E-state index in [1.807, 2.05) is 13.8 Å². The second-order valence-electron chi connectivity index (χ2n) is 11.3. The fourth-order valence-corrected chi connectivity index (χ4v) is 7.73. The van der Waals surface area contributed by atoms with Crippen LogP contribution in [0.25, 0.3) is 0 Å². The average Bonchev–Trinajstić information content (AvgIpc) is 3.14. The van der Waals surface area contributed by atoms with E-state index in [1.54, 1.807) is 19.9 Å². The van der Waals surface area contributed by atoms with Crippen molar-refractivity contribution in [1.29, 1.82) is 0 Å². The zero-order valence-electron chi connectivity index (χ0n) is 22.0. The van der Waals surface area contributed by atoms with Gasteiger partial charge in [0.05, 0.1) is 12.7 Å². The topological polar surface area (TPSA) is 116 Å². The number of carbonyl (C=O) groups excluding carboxylic acids is 4. The Labute approximate surface area is 216 Å². The maximum absolute atomic E-state index is 15.6. The number of hydrogen-bond donors (Lipinski definition) is 1. The highest BCUT2D eigenvalue weighted by molar-refractivity contribution is 6.01. The van der Waals surface area contributed by atoms with Gasteiger partial charge in [0.15, 0.2) is 18.0 Å². The first-order valence-corrected chi connectivity index (χ1v) is 13.3. The Bertz CT molecular complexity index is 1040. The van der Waals surface area contributed by atoms with Crippen molar-refractivity contribution < 1.29 is 42.9 Å². The molecule has 0 aliphatic heterocycles. The second-order valence-corrected chi connectivity index (χ2v) is 11.3.